The number of rotatable bonds is 2. The van der Waals surface area contributed by atoms with Crippen molar-refractivity contribution in [3.05, 3.63) is 11.6 Å². The molecule has 0 saturated heterocycles. The van der Waals surface area contributed by atoms with E-state index in [1.165, 1.54) is 24.8 Å². The molecule has 0 aromatic heterocycles. The third kappa shape index (κ3) is 1.03. The van der Waals surface area contributed by atoms with Crippen molar-refractivity contribution in [2.45, 2.75) is 32.6 Å². The molecule has 2 rings (SSSR count). The van der Waals surface area contributed by atoms with Crippen molar-refractivity contribution in [2.24, 2.45) is 11.8 Å². The van der Waals surface area contributed by atoms with E-state index in [9.17, 15) is 4.79 Å². The largest absolute Gasteiger partial charge is 0.299 e. The first-order valence-electron chi connectivity index (χ1n) is 4.53. The molecule has 2 aliphatic carbocycles. The van der Waals surface area contributed by atoms with Gasteiger partial charge in [0.05, 0.1) is 0 Å². The van der Waals surface area contributed by atoms with Crippen LogP contribution >= 0.6 is 0 Å². The lowest BCUT2D eigenvalue weighted by Gasteiger charge is -2.27. The van der Waals surface area contributed by atoms with Crippen LogP contribution in [0.1, 0.15) is 32.6 Å². The summed E-state index contributed by atoms with van der Waals surface area (Å²) in [7, 11) is 0. The van der Waals surface area contributed by atoms with Gasteiger partial charge in [0.2, 0.25) is 0 Å². The molecule has 0 radical (unpaired) electrons. The second kappa shape index (κ2) is 2.47. The summed E-state index contributed by atoms with van der Waals surface area (Å²) < 4.78 is 0. The van der Waals surface area contributed by atoms with Crippen molar-refractivity contribution in [1.29, 1.82) is 0 Å². The smallest absolute Gasteiger partial charge is 0.140 e. The third-order valence-electron chi connectivity index (χ3n) is 2.85. The van der Waals surface area contributed by atoms with Gasteiger partial charge in [-0.05, 0) is 18.8 Å². The first kappa shape index (κ1) is 7.08. The Hall–Kier alpha value is -0.590. The molecule has 0 aromatic carbocycles. The number of ketones is 1. The minimum absolute atomic E-state index is 0.344. The zero-order valence-corrected chi connectivity index (χ0v) is 6.97. The van der Waals surface area contributed by atoms with Crippen molar-refractivity contribution in [1.82, 2.24) is 0 Å². The minimum atomic E-state index is 0.344. The summed E-state index contributed by atoms with van der Waals surface area (Å²) in [5.74, 6) is 1.53. The second-order valence-electron chi connectivity index (χ2n) is 3.74. The highest BCUT2D eigenvalue weighted by atomic mass is 16.1. The second-order valence-corrected chi connectivity index (χ2v) is 3.74. The van der Waals surface area contributed by atoms with E-state index < -0.39 is 0 Å². The van der Waals surface area contributed by atoms with E-state index in [-0.39, 0.29) is 0 Å². The Labute approximate surface area is 67.5 Å². The fraction of sp³-hybridized carbons (Fsp3) is 0.700. The van der Waals surface area contributed by atoms with Crippen molar-refractivity contribution >= 4 is 5.78 Å². The number of allylic oxidation sites excluding steroid dienone is 2. The monoisotopic (exact) mass is 150 g/mol. The highest BCUT2D eigenvalue weighted by molar-refractivity contribution is 5.90. The minimum Gasteiger partial charge on any atom is -0.299 e. The number of hydrogen-bond acceptors (Lipinski definition) is 1. The third-order valence-corrected chi connectivity index (χ3v) is 2.85. The first-order valence-corrected chi connectivity index (χ1v) is 4.53. The Balaban J connectivity index is 2.00. The molecule has 0 aromatic rings. The summed E-state index contributed by atoms with van der Waals surface area (Å²) >= 11 is 0. The van der Waals surface area contributed by atoms with Crippen molar-refractivity contribution < 1.29 is 4.79 Å². The topological polar surface area (TPSA) is 17.1 Å². The van der Waals surface area contributed by atoms with E-state index in [1.54, 1.807) is 0 Å². The number of fused-ring (bicyclic) bond motifs is 1. The van der Waals surface area contributed by atoms with Crippen LogP contribution in [0, 0.1) is 11.8 Å². The van der Waals surface area contributed by atoms with Crippen LogP contribution < -0.4 is 0 Å². The van der Waals surface area contributed by atoms with Crippen molar-refractivity contribution in [2.75, 3.05) is 0 Å². The molecule has 1 nitrogen and oxygen atoms in total. The maximum Gasteiger partial charge on any atom is 0.140 e. The van der Waals surface area contributed by atoms with E-state index in [0.717, 1.165) is 6.42 Å². The lowest BCUT2D eigenvalue weighted by molar-refractivity contribution is -0.130. The molecule has 1 heteroatoms. The molecule has 0 amide bonds. The molecule has 1 saturated carbocycles. The zero-order valence-electron chi connectivity index (χ0n) is 6.97. The van der Waals surface area contributed by atoms with Gasteiger partial charge in [0.15, 0.2) is 0 Å². The summed E-state index contributed by atoms with van der Waals surface area (Å²) in [6.45, 7) is 2.20. The molecule has 60 valence electrons. The molecule has 0 aliphatic heterocycles. The average Bonchev–Trinajstić information content (AvgIpc) is 2.29. The molecule has 0 N–H and O–H groups in total. The molecule has 0 spiro atoms. The number of hydrogen-bond donors (Lipinski definition) is 0. The van der Waals surface area contributed by atoms with Gasteiger partial charge in [-0.25, -0.2) is 0 Å². The first-order chi connectivity index (χ1) is 5.31. The van der Waals surface area contributed by atoms with Gasteiger partial charge >= 0.3 is 0 Å². The predicted molar refractivity (Wildman–Crippen MR) is 44.2 cm³/mol. The highest BCUT2D eigenvalue weighted by Crippen LogP contribution is 2.43. The van der Waals surface area contributed by atoms with Gasteiger partial charge < -0.3 is 0 Å². The lowest BCUT2D eigenvalue weighted by Crippen LogP contribution is -2.32. The van der Waals surface area contributed by atoms with E-state index in [4.69, 9.17) is 0 Å². The predicted octanol–water partition coefficient (Wildman–Crippen LogP) is 2.32. The molecule has 0 bridgehead atoms. The molecule has 1 fully saturated rings. The molecule has 2 unspecified atom stereocenters. The van der Waals surface area contributed by atoms with E-state index in [2.05, 4.69) is 13.0 Å². The zero-order chi connectivity index (χ0) is 7.84. The maximum absolute atomic E-state index is 11.0. The number of Topliss-reactive ketones (excluding diaryl/α,β-unsaturated/α-hetero) is 1. The van der Waals surface area contributed by atoms with Crippen LogP contribution in [0.2, 0.25) is 0 Å². The summed E-state index contributed by atoms with van der Waals surface area (Å²) in [4.78, 5) is 11.0. The normalized spacial score (nSPS) is 34.6. The Morgan fingerprint density at radius 2 is 2.36 bits per heavy atom. The lowest BCUT2D eigenvalue weighted by atomic mass is 9.75. The van der Waals surface area contributed by atoms with Crippen LogP contribution in [-0.4, -0.2) is 5.78 Å². The van der Waals surface area contributed by atoms with E-state index in [1.807, 2.05) is 0 Å². The number of carbonyl (C=O) groups is 1. The van der Waals surface area contributed by atoms with Crippen LogP contribution in [-0.2, 0) is 4.79 Å². The maximum atomic E-state index is 11.0. The quantitative estimate of drug-likeness (QED) is 0.552. The number of carbonyl (C=O) groups excluding carboxylic acids is 1. The summed E-state index contributed by atoms with van der Waals surface area (Å²) in [5, 5.41) is 0. The van der Waals surface area contributed by atoms with Gasteiger partial charge in [0.1, 0.15) is 5.78 Å². The molecule has 0 heterocycles. The highest BCUT2D eigenvalue weighted by Gasteiger charge is 2.41. The fourth-order valence-electron chi connectivity index (χ4n) is 2.22. The van der Waals surface area contributed by atoms with Crippen LogP contribution in [0.15, 0.2) is 11.6 Å². The van der Waals surface area contributed by atoms with Gasteiger partial charge in [-0.1, -0.05) is 25.0 Å². The van der Waals surface area contributed by atoms with Crippen LogP contribution in [0.25, 0.3) is 0 Å². The standard InChI is InChI=1S/C10H14O/c1-2-3-7-4-8-6-10(11)9(8)5-7/h5,8-9H,2-4,6H2,1H3. The van der Waals surface area contributed by atoms with Crippen LogP contribution in [0.5, 0.6) is 0 Å². The molecule has 11 heavy (non-hydrogen) atoms. The fourth-order valence-corrected chi connectivity index (χ4v) is 2.22. The Morgan fingerprint density at radius 3 is 2.91 bits per heavy atom. The molecular formula is C10H14O. The van der Waals surface area contributed by atoms with Gasteiger partial charge in [0.25, 0.3) is 0 Å². The Morgan fingerprint density at radius 1 is 1.55 bits per heavy atom. The summed E-state index contributed by atoms with van der Waals surface area (Å²) in [5.41, 5.74) is 1.54. The molecule has 2 atom stereocenters. The van der Waals surface area contributed by atoms with Gasteiger partial charge in [-0.15, -0.1) is 0 Å². The SMILES string of the molecule is CCCC1=CC2C(=O)CC2C1. The van der Waals surface area contributed by atoms with Gasteiger partial charge in [0, 0.05) is 12.3 Å². The molecular weight excluding hydrogens is 136 g/mol. The van der Waals surface area contributed by atoms with Gasteiger partial charge in [-0.2, -0.15) is 0 Å². The van der Waals surface area contributed by atoms with Crippen molar-refractivity contribution in [3.8, 4) is 0 Å². The summed E-state index contributed by atoms with van der Waals surface area (Å²) in [6, 6.07) is 0. The molecule has 2 aliphatic rings. The summed E-state index contributed by atoms with van der Waals surface area (Å²) in [6.07, 6.45) is 6.72. The van der Waals surface area contributed by atoms with E-state index >= 15 is 0 Å². The van der Waals surface area contributed by atoms with E-state index in [0.29, 0.717) is 17.6 Å². The average molecular weight is 150 g/mol. The van der Waals surface area contributed by atoms with Crippen LogP contribution in [0.4, 0.5) is 0 Å². The van der Waals surface area contributed by atoms with Crippen LogP contribution in [0.3, 0.4) is 0 Å². The Bertz CT molecular complexity index is 215. The van der Waals surface area contributed by atoms with Gasteiger partial charge in [-0.3, -0.25) is 4.79 Å². The Kier molecular flexibility index (Phi) is 1.59. The van der Waals surface area contributed by atoms with Crippen molar-refractivity contribution in [3.63, 3.8) is 0 Å².